The molecule has 2 unspecified atom stereocenters. The third-order valence-electron chi connectivity index (χ3n) is 4.40. The van der Waals surface area contributed by atoms with E-state index >= 15 is 0 Å². The minimum absolute atomic E-state index is 0.0292. The Morgan fingerprint density at radius 3 is 2.32 bits per heavy atom. The highest BCUT2D eigenvalue weighted by Crippen LogP contribution is 2.31. The van der Waals surface area contributed by atoms with Gasteiger partial charge in [-0.3, -0.25) is 14.4 Å². The standard InChI is InChI=1S/C18H30O4/c1-3-5-6-7-8-9-10-11-14-12-15(19)13-16(20)17(14)18(21)22-4-2/h14,17H,3-13H2,1-2H3. The summed E-state index contributed by atoms with van der Waals surface area (Å²) in [7, 11) is 0. The van der Waals surface area contributed by atoms with Crippen LogP contribution in [0.4, 0.5) is 0 Å². The molecule has 126 valence electrons. The lowest BCUT2D eigenvalue weighted by molar-refractivity contribution is -0.156. The number of esters is 1. The van der Waals surface area contributed by atoms with Gasteiger partial charge in [-0.1, -0.05) is 51.9 Å². The summed E-state index contributed by atoms with van der Waals surface area (Å²) in [4.78, 5) is 35.6. The maximum absolute atomic E-state index is 12.0. The van der Waals surface area contributed by atoms with Crippen molar-refractivity contribution in [2.75, 3.05) is 6.61 Å². The van der Waals surface area contributed by atoms with Crippen molar-refractivity contribution in [3.8, 4) is 0 Å². The normalized spacial score (nSPS) is 21.9. The van der Waals surface area contributed by atoms with Crippen LogP contribution in [0.15, 0.2) is 0 Å². The van der Waals surface area contributed by atoms with Gasteiger partial charge in [0.15, 0.2) is 5.78 Å². The molecule has 4 nitrogen and oxygen atoms in total. The average Bonchev–Trinajstić information content (AvgIpc) is 2.45. The Kier molecular flexibility index (Phi) is 9.02. The van der Waals surface area contributed by atoms with E-state index in [2.05, 4.69) is 6.92 Å². The minimum Gasteiger partial charge on any atom is -0.465 e. The molecule has 0 spiro atoms. The second-order valence-corrected chi connectivity index (χ2v) is 6.29. The summed E-state index contributed by atoms with van der Waals surface area (Å²) in [6.07, 6.45) is 9.37. The zero-order valence-corrected chi connectivity index (χ0v) is 14.1. The molecule has 0 radical (unpaired) electrons. The Bertz CT molecular complexity index is 375. The lowest BCUT2D eigenvalue weighted by Gasteiger charge is -2.28. The number of hydrogen-bond donors (Lipinski definition) is 0. The predicted octanol–water partition coefficient (Wildman–Crippen LogP) is 3.85. The second-order valence-electron chi connectivity index (χ2n) is 6.29. The van der Waals surface area contributed by atoms with Crippen LogP contribution in [0.5, 0.6) is 0 Å². The van der Waals surface area contributed by atoms with Crippen molar-refractivity contribution in [2.24, 2.45) is 11.8 Å². The first-order chi connectivity index (χ1) is 10.6. The van der Waals surface area contributed by atoms with Gasteiger partial charge in [-0.15, -0.1) is 0 Å². The maximum Gasteiger partial charge on any atom is 0.316 e. The van der Waals surface area contributed by atoms with E-state index in [1.54, 1.807) is 6.92 Å². The molecule has 0 bridgehead atoms. The van der Waals surface area contributed by atoms with Crippen molar-refractivity contribution in [1.82, 2.24) is 0 Å². The van der Waals surface area contributed by atoms with Gasteiger partial charge in [0.2, 0.25) is 0 Å². The molecule has 1 aliphatic carbocycles. The quantitative estimate of drug-likeness (QED) is 0.349. The van der Waals surface area contributed by atoms with Gasteiger partial charge in [0.25, 0.3) is 0 Å². The number of carbonyl (C=O) groups excluding carboxylic acids is 3. The topological polar surface area (TPSA) is 60.4 Å². The summed E-state index contributed by atoms with van der Waals surface area (Å²) in [6, 6.07) is 0. The fourth-order valence-electron chi connectivity index (χ4n) is 3.24. The van der Waals surface area contributed by atoms with E-state index in [0.717, 1.165) is 19.3 Å². The van der Waals surface area contributed by atoms with E-state index in [9.17, 15) is 14.4 Å². The zero-order valence-electron chi connectivity index (χ0n) is 14.1. The molecule has 0 N–H and O–H groups in total. The summed E-state index contributed by atoms with van der Waals surface area (Å²) < 4.78 is 5.02. The van der Waals surface area contributed by atoms with Crippen molar-refractivity contribution < 1.29 is 19.1 Å². The molecule has 0 saturated heterocycles. The highest BCUT2D eigenvalue weighted by atomic mass is 16.5. The largest absolute Gasteiger partial charge is 0.465 e. The molecule has 0 amide bonds. The molecule has 0 heterocycles. The van der Waals surface area contributed by atoms with Crippen molar-refractivity contribution in [3.63, 3.8) is 0 Å². The van der Waals surface area contributed by atoms with Crippen molar-refractivity contribution in [3.05, 3.63) is 0 Å². The van der Waals surface area contributed by atoms with Gasteiger partial charge >= 0.3 is 5.97 Å². The van der Waals surface area contributed by atoms with Crippen LogP contribution >= 0.6 is 0 Å². The molecule has 0 aromatic carbocycles. The van der Waals surface area contributed by atoms with E-state index in [-0.39, 0.29) is 30.5 Å². The fraction of sp³-hybridized carbons (Fsp3) is 0.833. The molecule has 4 heteroatoms. The number of Topliss-reactive ketones (excluding diaryl/α,β-unsaturated/α-hetero) is 2. The van der Waals surface area contributed by atoms with Crippen LogP contribution in [0.25, 0.3) is 0 Å². The van der Waals surface area contributed by atoms with E-state index in [1.807, 2.05) is 0 Å². The Hall–Kier alpha value is -1.19. The molecule has 1 aliphatic rings. The van der Waals surface area contributed by atoms with Gasteiger partial charge in [-0.05, 0) is 19.3 Å². The van der Waals surface area contributed by atoms with Gasteiger partial charge in [0, 0.05) is 6.42 Å². The first-order valence-electron chi connectivity index (χ1n) is 8.81. The van der Waals surface area contributed by atoms with Crippen molar-refractivity contribution in [2.45, 2.75) is 78.1 Å². The van der Waals surface area contributed by atoms with Gasteiger partial charge < -0.3 is 4.74 Å². The zero-order chi connectivity index (χ0) is 16.4. The van der Waals surface area contributed by atoms with E-state index in [4.69, 9.17) is 4.74 Å². The monoisotopic (exact) mass is 310 g/mol. The van der Waals surface area contributed by atoms with Crippen molar-refractivity contribution in [1.29, 1.82) is 0 Å². The van der Waals surface area contributed by atoms with Gasteiger partial charge in [-0.2, -0.15) is 0 Å². The third-order valence-corrected chi connectivity index (χ3v) is 4.40. The van der Waals surface area contributed by atoms with Crippen LogP contribution in [0.3, 0.4) is 0 Å². The molecule has 2 atom stereocenters. The Morgan fingerprint density at radius 1 is 1.05 bits per heavy atom. The molecular weight excluding hydrogens is 280 g/mol. The SMILES string of the molecule is CCCCCCCCCC1CC(=O)CC(=O)C1C(=O)OCC. The van der Waals surface area contributed by atoms with Gasteiger partial charge in [-0.25, -0.2) is 0 Å². The molecule has 1 fully saturated rings. The fourth-order valence-corrected chi connectivity index (χ4v) is 3.24. The molecule has 0 aromatic rings. The first-order valence-corrected chi connectivity index (χ1v) is 8.81. The summed E-state index contributed by atoms with van der Waals surface area (Å²) in [5, 5.41) is 0. The molecule has 1 saturated carbocycles. The number of ether oxygens (including phenoxy) is 1. The Balaban J connectivity index is 2.40. The molecule has 22 heavy (non-hydrogen) atoms. The predicted molar refractivity (Wildman–Crippen MR) is 85.5 cm³/mol. The van der Waals surface area contributed by atoms with Gasteiger partial charge in [0.05, 0.1) is 13.0 Å². The number of unbranched alkanes of at least 4 members (excludes halogenated alkanes) is 6. The first kappa shape index (κ1) is 18.9. The molecule has 1 rings (SSSR count). The third kappa shape index (κ3) is 6.29. The Labute approximate surface area is 134 Å². The van der Waals surface area contributed by atoms with E-state index in [0.29, 0.717) is 6.42 Å². The number of ketones is 2. The van der Waals surface area contributed by atoms with Crippen LogP contribution in [0.2, 0.25) is 0 Å². The van der Waals surface area contributed by atoms with E-state index < -0.39 is 11.9 Å². The van der Waals surface area contributed by atoms with Crippen molar-refractivity contribution >= 4 is 17.5 Å². The van der Waals surface area contributed by atoms with Crippen LogP contribution in [-0.4, -0.2) is 24.1 Å². The second kappa shape index (κ2) is 10.5. The molecule has 0 aromatic heterocycles. The summed E-state index contributed by atoms with van der Waals surface area (Å²) >= 11 is 0. The molecular formula is C18H30O4. The van der Waals surface area contributed by atoms with Gasteiger partial charge in [0.1, 0.15) is 11.7 Å². The summed E-state index contributed by atoms with van der Waals surface area (Å²) in [5.41, 5.74) is 0. The summed E-state index contributed by atoms with van der Waals surface area (Å²) in [5.74, 6) is -1.57. The van der Waals surface area contributed by atoms with E-state index in [1.165, 1.54) is 32.1 Å². The number of carbonyl (C=O) groups is 3. The smallest absolute Gasteiger partial charge is 0.316 e. The number of rotatable bonds is 10. The summed E-state index contributed by atoms with van der Waals surface area (Å²) in [6.45, 7) is 4.22. The Morgan fingerprint density at radius 2 is 1.68 bits per heavy atom. The highest BCUT2D eigenvalue weighted by Gasteiger charge is 2.41. The number of hydrogen-bond acceptors (Lipinski definition) is 4. The maximum atomic E-state index is 12.0. The van der Waals surface area contributed by atoms with Crippen LogP contribution in [0, 0.1) is 11.8 Å². The van der Waals surface area contributed by atoms with Crippen LogP contribution in [0.1, 0.15) is 78.1 Å². The average molecular weight is 310 g/mol. The van der Waals surface area contributed by atoms with Crippen LogP contribution in [-0.2, 0) is 19.1 Å². The lowest BCUT2D eigenvalue weighted by Crippen LogP contribution is -2.39. The minimum atomic E-state index is -0.710. The molecule has 0 aliphatic heterocycles. The lowest BCUT2D eigenvalue weighted by atomic mass is 9.75. The van der Waals surface area contributed by atoms with Crippen LogP contribution < -0.4 is 0 Å². The highest BCUT2D eigenvalue weighted by molar-refractivity contribution is 6.10.